The highest BCUT2D eigenvalue weighted by Gasteiger charge is 2.62. The van der Waals surface area contributed by atoms with E-state index in [-0.39, 0.29) is 23.9 Å². The zero-order valence-corrected chi connectivity index (χ0v) is 20.6. The normalized spacial score (nSPS) is 20.8. The van der Waals surface area contributed by atoms with Crippen LogP contribution in [0.4, 0.5) is 14.9 Å². The van der Waals surface area contributed by atoms with E-state index >= 15 is 0 Å². The number of nitrogens with zero attached hydrogens (tertiary/aromatic N) is 2. The molecule has 3 N–H and O–H groups in total. The standard InChI is InChI=1S/C26H30ClFN4O3/c1-3-16(2)21(23(29)33)30-25(35)31-13-11-26(12-14-31)22(17-7-9-18(27)10-8-17)32(24(26)34)20-6-4-5-19(28)15-20/h4-10,15-16,21-22H,3,11-14H2,1-2H3,(H2,29,33)(H,30,35)/t16-,21-,22?/m1/s1. The Morgan fingerprint density at radius 1 is 1.20 bits per heavy atom. The van der Waals surface area contributed by atoms with Gasteiger partial charge in [-0.3, -0.25) is 9.59 Å². The van der Waals surface area contributed by atoms with E-state index in [1.165, 1.54) is 12.1 Å². The van der Waals surface area contributed by atoms with Gasteiger partial charge < -0.3 is 20.9 Å². The Labute approximate surface area is 209 Å². The number of nitrogens with two attached hydrogens (primary N) is 1. The fraction of sp³-hybridized carbons (Fsp3) is 0.423. The fourth-order valence-electron chi connectivity index (χ4n) is 5.21. The van der Waals surface area contributed by atoms with Gasteiger partial charge in [0.15, 0.2) is 0 Å². The molecular formula is C26H30ClFN4O3. The van der Waals surface area contributed by atoms with Crippen LogP contribution in [0.15, 0.2) is 48.5 Å². The van der Waals surface area contributed by atoms with Gasteiger partial charge in [0.05, 0.1) is 11.5 Å². The van der Waals surface area contributed by atoms with Gasteiger partial charge in [-0.2, -0.15) is 0 Å². The lowest BCUT2D eigenvalue weighted by molar-refractivity contribution is -0.144. The summed E-state index contributed by atoms with van der Waals surface area (Å²) in [5, 5.41) is 3.35. The molecule has 1 spiro atoms. The molecule has 2 heterocycles. The van der Waals surface area contributed by atoms with Gasteiger partial charge >= 0.3 is 6.03 Å². The maximum atomic E-state index is 14.0. The second kappa shape index (κ2) is 9.85. The Morgan fingerprint density at radius 3 is 2.43 bits per heavy atom. The highest BCUT2D eigenvalue weighted by atomic mass is 35.5. The van der Waals surface area contributed by atoms with Gasteiger partial charge in [0.2, 0.25) is 11.8 Å². The van der Waals surface area contributed by atoms with Gasteiger partial charge in [0, 0.05) is 23.8 Å². The molecule has 35 heavy (non-hydrogen) atoms. The largest absolute Gasteiger partial charge is 0.368 e. The number of benzene rings is 2. The fourth-order valence-corrected chi connectivity index (χ4v) is 5.34. The molecule has 2 aliphatic heterocycles. The van der Waals surface area contributed by atoms with Crippen molar-refractivity contribution in [2.24, 2.45) is 17.1 Å². The van der Waals surface area contributed by atoms with Gasteiger partial charge in [-0.15, -0.1) is 0 Å². The van der Waals surface area contributed by atoms with Gasteiger partial charge in [-0.1, -0.05) is 50.1 Å². The second-order valence-electron chi connectivity index (χ2n) is 9.47. The van der Waals surface area contributed by atoms with Crippen molar-refractivity contribution in [3.05, 3.63) is 64.9 Å². The zero-order valence-electron chi connectivity index (χ0n) is 19.8. The third kappa shape index (κ3) is 4.59. The molecule has 4 rings (SSSR count). The highest BCUT2D eigenvalue weighted by Crippen LogP contribution is 2.57. The minimum atomic E-state index is -0.751. The van der Waals surface area contributed by atoms with Crippen LogP contribution >= 0.6 is 11.6 Å². The molecule has 2 aromatic rings. The van der Waals surface area contributed by atoms with E-state index in [9.17, 15) is 18.8 Å². The van der Waals surface area contributed by atoms with Crippen LogP contribution in [-0.4, -0.2) is 41.9 Å². The van der Waals surface area contributed by atoms with Crippen LogP contribution in [0.25, 0.3) is 0 Å². The van der Waals surface area contributed by atoms with E-state index in [1.54, 1.807) is 34.1 Å². The molecule has 0 bridgehead atoms. The maximum Gasteiger partial charge on any atom is 0.318 e. The topological polar surface area (TPSA) is 95.7 Å². The summed E-state index contributed by atoms with van der Waals surface area (Å²) in [6.45, 7) is 4.50. The summed E-state index contributed by atoms with van der Waals surface area (Å²) in [6, 6.07) is 11.9. The Balaban J connectivity index is 1.55. The van der Waals surface area contributed by atoms with Crippen LogP contribution in [0.2, 0.25) is 5.02 Å². The van der Waals surface area contributed by atoms with Gasteiger partial charge in [-0.05, 0) is 54.7 Å². The number of halogens is 2. The molecule has 2 aliphatic rings. The third-order valence-electron chi connectivity index (χ3n) is 7.44. The highest BCUT2D eigenvalue weighted by molar-refractivity contribution is 6.30. The van der Waals surface area contributed by atoms with E-state index in [0.717, 1.165) is 5.56 Å². The summed E-state index contributed by atoms with van der Waals surface area (Å²) in [7, 11) is 0. The van der Waals surface area contributed by atoms with Crippen molar-refractivity contribution >= 4 is 35.1 Å². The Hall–Kier alpha value is -3.13. The monoisotopic (exact) mass is 500 g/mol. The van der Waals surface area contributed by atoms with Gasteiger partial charge in [0.1, 0.15) is 11.9 Å². The lowest BCUT2D eigenvalue weighted by atomic mass is 9.62. The van der Waals surface area contributed by atoms with Crippen LogP contribution in [-0.2, 0) is 9.59 Å². The summed E-state index contributed by atoms with van der Waals surface area (Å²) >= 11 is 6.09. The molecule has 7 nitrogen and oxygen atoms in total. The number of β-lactam (4-membered cyclic amide) rings is 1. The van der Waals surface area contributed by atoms with E-state index < -0.39 is 23.2 Å². The van der Waals surface area contributed by atoms with Crippen molar-refractivity contribution in [1.29, 1.82) is 0 Å². The van der Waals surface area contributed by atoms with Crippen molar-refractivity contribution in [3.63, 3.8) is 0 Å². The van der Waals surface area contributed by atoms with E-state index in [0.29, 0.717) is 43.1 Å². The first-order valence-corrected chi connectivity index (χ1v) is 12.2. The lowest BCUT2D eigenvalue weighted by Gasteiger charge is -2.59. The van der Waals surface area contributed by atoms with Crippen molar-refractivity contribution < 1.29 is 18.8 Å². The number of carbonyl (C=O) groups excluding carboxylic acids is 3. The summed E-state index contributed by atoms with van der Waals surface area (Å²) in [4.78, 5) is 41.6. The number of nitrogens with one attached hydrogen (secondary N) is 1. The minimum absolute atomic E-state index is 0.0854. The number of amides is 4. The second-order valence-corrected chi connectivity index (χ2v) is 9.90. The number of anilines is 1. The van der Waals surface area contributed by atoms with Crippen molar-refractivity contribution in [3.8, 4) is 0 Å². The number of hydrogen-bond donors (Lipinski definition) is 2. The molecule has 0 radical (unpaired) electrons. The molecule has 0 aliphatic carbocycles. The SMILES string of the molecule is CC[C@@H](C)[C@@H](NC(=O)N1CCC2(CC1)C(=O)N(c1cccc(F)c1)C2c1ccc(Cl)cc1)C(N)=O. The Bertz CT molecular complexity index is 1120. The van der Waals surface area contributed by atoms with E-state index in [4.69, 9.17) is 17.3 Å². The predicted octanol–water partition coefficient (Wildman–Crippen LogP) is 4.26. The van der Waals surface area contributed by atoms with E-state index in [1.807, 2.05) is 26.0 Å². The van der Waals surface area contributed by atoms with Gasteiger partial charge in [0.25, 0.3) is 0 Å². The van der Waals surface area contributed by atoms with Crippen molar-refractivity contribution in [1.82, 2.24) is 10.2 Å². The number of urea groups is 1. The number of likely N-dealkylation sites (tertiary alicyclic amines) is 1. The average molecular weight is 501 g/mol. The first kappa shape index (κ1) is 25.0. The summed E-state index contributed by atoms with van der Waals surface area (Å²) in [5.41, 5.74) is 6.19. The Kier molecular flexibility index (Phi) is 7.03. The molecule has 0 saturated carbocycles. The Morgan fingerprint density at radius 2 is 1.86 bits per heavy atom. The van der Waals surface area contributed by atoms with Crippen LogP contribution in [0, 0.1) is 17.2 Å². The van der Waals surface area contributed by atoms with Crippen molar-refractivity contribution in [2.75, 3.05) is 18.0 Å². The molecular weight excluding hydrogens is 471 g/mol. The number of piperidine rings is 1. The first-order valence-electron chi connectivity index (χ1n) is 11.9. The molecule has 1 unspecified atom stereocenters. The molecule has 2 fully saturated rings. The molecule has 3 atom stereocenters. The zero-order chi connectivity index (χ0) is 25.3. The first-order chi connectivity index (χ1) is 16.7. The smallest absolute Gasteiger partial charge is 0.318 e. The molecule has 2 aromatic carbocycles. The quantitative estimate of drug-likeness (QED) is 0.580. The maximum absolute atomic E-state index is 14.0. The number of hydrogen-bond acceptors (Lipinski definition) is 3. The lowest BCUT2D eigenvalue weighted by Crippen LogP contribution is -2.67. The van der Waals surface area contributed by atoms with E-state index in [2.05, 4.69) is 5.32 Å². The molecule has 4 amide bonds. The van der Waals surface area contributed by atoms with Crippen LogP contribution in [0.3, 0.4) is 0 Å². The molecule has 0 aromatic heterocycles. The minimum Gasteiger partial charge on any atom is -0.368 e. The van der Waals surface area contributed by atoms with Crippen LogP contribution in [0.1, 0.15) is 44.7 Å². The van der Waals surface area contributed by atoms with Crippen molar-refractivity contribution in [2.45, 2.75) is 45.2 Å². The van der Waals surface area contributed by atoms with Gasteiger partial charge in [-0.25, -0.2) is 9.18 Å². The third-order valence-corrected chi connectivity index (χ3v) is 7.69. The summed E-state index contributed by atoms with van der Waals surface area (Å²) in [6.07, 6.45) is 1.59. The average Bonchev–Trinajstić information content (AvgIpc) is 2.85. The van der Waals surface area contributed by atoms with Crippen LogP contribution in [0.5, 0.6) is 0 Å². The molecule has 9 heteroatoms. The summed E-state index contributed by atoms with van der Waals surface area (Å²) < 4.78 is 14.0. The summed E-state index contributed by atoms with van der Waals surface area (Å²) in [5.74, 6) is -1.15. The number of rotatable bonds is 6. The van der Waals surface area contributed by atoms with Crippen LogP contribution < -0.4 is 16.0 Å². The predicted molar refractivity (Wildman–Crippen MR) is 132 cm³/mol. The molecule has 186 valence electrons. The molecule has 2 saturated heterocycles. The number of primary amides is 1. The number of carbonyl (C=O) groups is 3.